The molecule has 1 aliphatic rings. The second-order valence-corrected chi connectivity index (χ2v) is 4.25. The Balaban J connectivity index is 2.41. The van der Waals surface area contributed by atoms with E-state index in [0.29, 0.717) is 12.0 Å². The van der Waals surface area contributed by atoms with Crippen molar-refractivity contribution in [1.82, 2.24) is 0 Å². The van der Waals surface area contributed by atoms with Gasteiger partial charge in [-0.3, -0.25) is 0 Å². The summed E-state index contributed by atoms with van der Waals surface area (Å²) >= 11 is 0. The molecular weight excluding hydrogens is 193 g/mol. The number of nitrogens with zero attached hydrogens (tertiary/aromatic N) is 1. The predicted octanol–water partition coefficient (Wildman–Crippen LogP) is 2.41. The molecule has 0 spiro atoms. The first-order valence-electron chi connectivity index (χ1n) is 5.00. The van der Waals surface area contributed by atoms with Crippen LogP contribution in [-0.2, 0) is 17.6 Å². The quantitative estimate of drug-likeness (QED) is 0.511. The van der Waals surface area contributed by atoms with Gasteiger partial charge in [-0.25, -0.2) is 9.18 Å². The molecule has 1 atom stereocenters. The molecular formula is C12H12FNO. The van der Waals surface area contributed by atoms with Gasteiger partial charge in [0.05, 0.1) is 5.54 Å². The number of rotatable bonds is 1. The lowest BCUT2D eigenvalue weighted by molar-refractivity contribution is 0.397. The van der Waals surface area contributed by atoms with Gasteiger partial charge in [-0.2, -0.15) is 4.99 Å². The van der Waals surface area contributed by atoms with E-state index < -0.39 is 5.54 Å². The van der Waals surface area contributed by atoms with Crippen LogP contribution in [0.2, 0.25) is 0 Å². The van der Waals surface area contributed by atoms with Crippen molar-refractivity contribution in [3.63, 3.8) is 0 Å². The van der Waals surface area contributed by atoms with E-state index in [4.69, 9.17) is 0 Å². The fraction of sp³-hybridized carbons (Fsp3) is 0.417. The molecule has 0 bridgehead atoms. The average Bonchev–Trinajstić information content (AvgIpc) is 2.20. The summed E-state index contributed by atoms with van der Waals surface area (Å²) < 4.78 is 13.5. The van der Waals surface area contributed by atoms with E-state index in [-0.39, 0.29) is 5.82 Å². The molecule has 2 rings (SSSR count). The monoisotopic (exact) mass is 205 g/mol. The lowest BCUT2D eigenvalue weighted by Gasteiger charge is -2.30. The number of benzene rings is 1. The van der Waals surface area contributed by atoms with Crippen LogP contribution in [0.15, 0.2) is 23.2 Å². The summed E-state index contributed by atoms with van der Waals surface area (Å²) in [6.45, 7) is 1.87. The first kappa shape index (κ1) is 10.1. The number of hydrogen-bond donors (Lipinski definition) is 0. The predicted molar refractivity (Wildman–Crippen MR) is 55.0 cm³/mol. The van der Waals surface area contributed by atoms with Crippen LogP contribution in [0.25, 0.3) is 0 Å². The van der Waals surface area contributed by atoms with E-state index >= 15 is 0 Å². The summed E-state index contributed by atoms with van der Waals surface area (Å²) in [6.07, 6.45) is 3.62. The number of halogens is 1. The van der Waals surface area contributed by atoms with Crippen molar-refractivity contribution in [2.75, 3.05) is 0 Å². The molecule has 0 N–H and O–H groups in total. The zero-order chi connectivity index (χ0) is 10.9. The van der Waals surface area contributed by atoms with Crippen LogP contribution in [-0.4, -0.2) is 11.6 Å². The van der Waals surface area contributed by atoms with E-state index in [0.717, 1.165) is 18.4 Å². The Bertz CT molecular complexity index is 437. The summed E-state index contributed by atoms with van der Waals surface area (Å²) in [5, 5.41) is 0. The summed E-state index contributed by atoms with van der Waals surface area (Å²) in [5.41, 5.74) is 1.26. The fourth-order valence-corrected chi connectivity index (χ4v) is 2.11. The molecule has 78 valence electrons. The van der Waals surface area contributed by atoms with E-state index in [1.807, 2.05) is 13.0 Å². The maximum Gasteiger partial charge on any atom is 0.235 e. The highest BCUT2D eigenvalue weighted by atomic mass is 19.1. The molecule has 15 heavy (non-hydrogen) atoms. The number of aliphatic imine (C=N–C) groups is 1. The van der Waals surface area contributed by atoms with Crippen LogP contribution in [0, 0.1) is 5.82 Å². The minimum absolute atomic E-state index is 0.195. The third-order valence-electron chi connectivity index (χ3n) is 3.02. The van der Waals surface area contributed by atoms with Crippen LogP contribution in [0.5, 0.6) is 0 Å². The molecule has 0 aromatic heterocycles. The van der Waals surface area contributed by atoms with Gasteiger partial charge in [0.25, 0.3) is 0 Å². The van der Waals surface area contributed by atoms with Crippen molar-refractivity contribution in [3.8, 4) is 0 Å². The topological polar surface area (TPSA) is 29.4 Å². The number of hydrogen-bond acceptors (Lipinski definition) is 2. The minimum Gasteiger partial charge on any atom is -0.211 e. The highest BCUT2D eigenvalue weighted by molar-refractivity contribution is 5.38. The molecule has 0 heterocycles. The van der Waals surface area contributed by atoms with E-state index in [2.05, 4.69) is 4.99 Å². The summed E-state index contributed by atoms with van der Waals surface area (Å²) in [5.74, 6) is -0.195. The van der Waals surface area contributed by atoms with Gasteiger partial charge in [0, 0.05) is 6.42 Å². The summed E-state index contributed by atoms with van der Waals surface area (Å²) in [6, 6.07) is 5.11. The molecule has 1 aromatic rings. The second-order valence-electron chi connectivity index (χ2n) is 4.25. The molecule has 0 aliphatic heterocycles. The first-order chi connectivity index (χ1) is 7.14. The van der Waals surface area contributed by atoms with Crippen LogP contribution in [0.3, 0.4) is 0 Å². The fourth-order valence-electron chi connectivity index (χ4n) is 2.11. The molecule has 1 aromatic carbocycles. The van der Waals surface area contributed by atoms with Gasteiger partial charge in [-0.05, 0) is 37.0 Å². The Morgan fingerprint density at radius 3 is 3.07 bits per heavy atom. The Morgan fingerprint density at radius 1 is 1.53 bits per heavy atom. The maximum absolute atomic E-state index is 13.5. The molecule has 0 fully saturated rings. The van der Waals surface area contributed by atoms with Crippen molar-refractivity contribution in [2.24, 2.45) is 4.99 Å². The van der Waals surface area contributed by atoms with Crippen molar-refractivity contribution in [2.45, 2.75) is 31.7 Å². The second kappa shape index (κ2) is 3.59. The number of fused-ring (bicyclic) bond motifs is 1. The number of aryl methyl sites for hydroxylation is 1. The Labute approximate surface area is 87.8 Å². The van der Waals surface area contributed by atoms with Gasteiger partial charge in [0.2, 0.25) is 6.08 Å². The standard InChI is InChI=1S/C12H12FNO/c1-12(14-8-15)6-5-9-3-2-4-11(13)10(9)7-12/h2-4H,5-7H2,1H3. The lowest BCUT2D eigenvalue weighted by atomic mass is 9.79. The van der Waals surface area contributed by atoms with Crippen LogP contribution < -0.4 is 0 Å². The smallest absolute Gasteiger partial charge is 0.211 e. The third-order valence-corrected chi connectivity index (χ3v) is 3.02. The molecule has 0 saturated carbocycles. The van der Waals surface area contributed by atoms with Crippen LogP contribution in [0.1, 0.15) is 24.5 Å². The summed E-state index contributed by atoms with van der Waals surface area (Å²) in [7, 11) is 0. The minimum atomic E-state index is -0.475. The molecule has 0 saturated heterocycles. The molecule has 0 amide bonds. The first-order valence-corrected chi connectivity index (χ1v) is 5.00. The number of carbonyl (C=O) groups excluding carboxylic acids is 1. The molecule has 0 radical (unpaired) electrons. The van der Waals surface area contributed by atoms with Crippen molar-refractivity contribution in [1.29, 1.82) is 0 Å². The van der Waals surface area contributed by atoms with Crippen LogP contribution in [0.4, 0.5) is 4.39 Å². The maximum atomic E-state index is 13.5. The lowest BCUT2D eigenvalue weighted by Crippen LogP contribution is -2.31. The van der Waals surface area contributed by atoms with Gasteiger partial charge in [-0.15, -0.1) is 0 Å². The van der Waals surface area contributed by atoms with Gasteiger partial charge in [0.15, 0.2) is 0 Å². The zero-order valence-corrected chi connectivity index (χ0v) is 8.59. The SMILES string of the molecule is CC1(N=C=O)CCc2cccc(F)c2C1. The highest BCUT2D eigenvalue weighted by Gasteiger charge is 2.30. The van der Waals surface area contributed by atoms with E-state index in [1.165, 1.54) is 6.07 Å². The molecule has 1 unspecified atom stereocenters. The number of isocyanates is 1. The normalized spacial score (nSPS) is 24.1. The van der Waals surface area contributed by atoms with Crippen LogP contribution >= 0.6 is 0 Å². The van der Waals surface area contributed by atoms with Crippen molar-refractivity contribution >= 4 is 6.08 Å². The zero-order valence-electron chi connectivity index (χ0n) is 8.59. The average molecular weight is 205 g/mol. The van der Waals surface area contributed by atoms with E-state index in [1.54, 1.807) is 12.1 Å². The van der Waals surface area contributed by atoms with Gasteiger partial charge in [-0.1, -0.05) is 12.1 Å². The highest BCUT2D eigenvalue weighted by Crippen LogP contribution is 2.32. The Hall–Kier alpha value is -1.47. The third kappa shape index (κ3) is 1.83. The largest absolute Gasteiger partial charge is 0.235 e. The van der Waals surface area contributed by atoms with Gasteiger partial charge in [0.1, 0.15) is 5.82 Å². The van der Waals surface area contributed by atoms with Gasteiger partial charge >= 0.3 is 0 Å². The Kier molecular flexibility index (Phi) is 2.41. The van der Waals surface area contributed by atoms with Crippen molar-refractivity contribution < 1.29 is 9.18 Å². The van der Waals surface area contributed by atoms with E-state index in [9.17, 15) is 9.18 Å². The molecule has 3 heteroatoms. The summed E-state index contributed by atoms with van der Waals surface area (Å²) in [4.78, 5) is 14.1. The molecule has 2 nitrogen and oxygen atoms in total. The van der Waals surface area contributed by atoms with Crippen molar-refractivity contribution in [3.05, 3.63) is 35.1 Å². The Morgan fingerprint density at radius 2 is 2.33 bits per heavy atom. The molecule has 1 aliphatic carbocycles. The van der Waals surface area contributed by atoms with Gasteiger partial charge < -0.3 is 0 Å².